The van der Waals surface area contributed by atoms with Gasteiger partial charge in [-0.2, -0.15) is 0 Å². The van der Waals surface area contributed by atoms with Gasteiger partial charge in [0.15, 0.2) is 24.6 Å². The van der Waals surface area contributed by atoms with Crippen LogP contribution in [0.1, 0.15) is 34.1 Å². The number of rotatable bonds is 10. The molecule has 0 radical (unpaired) electrons. The smallest absolute Gasteiger partial charge is 0.303 e. The lowest BCUT2D eigenvalue weighted by Crippen LogP contribution is -2.63. The molecule has 0 spiro atoms. The number of hydrogen-bond donors (Lipinski definition) is 0. The summed E-state index contributed by atoms with van der Waals surface area (Å²) in [5.41, 5.74) is 0. The van der Waals surface area contributed by atoms with Crippen molar-refractivity contribution in [3.8, 4) is 0 Å². The third kappa shape index (κ3) is 7.91. The largest absolute Gasteiger partial charge is 0.463 e. The fourth-order valence-electron chi connectivity index (χ4n) is 2.77. The van der Waals surface area contributed by atoms with Crippen LogP contribution >= 0.6 is 0 Å². The van der Waals surface area contributed by atoms with Gasteiger partial charge in [-0.1, -0.05) is 6.08 Å². The second kappa shape index (κ2) is 12.0. The molecule has 168 valence electrons. The summed E-state index contributed by atoms with van der Waals surface area (Å²) in [6.45, 7) is 7.70. The van der Waals surface area contributed by atoms with Gasteiger partial charge in [-0.05, 0) is 0 Å². The van der Waals surface area contributed by atoms with Crippen molar-refractivity contribution >= 4 is 30.2 Å². The maximum atomic E-state index is 11.7. The molecule has 1 rings (SSSR count). The maximum Gasteiger partial charge on any atom is 0.303 e. The molecule has 1 fully saturated rings. The van der Waals surface area contributed by atoms with Crippen LogP contribution in [0.4, 0.5) is 0 Å². The molecule has 1 aliphatic heterocycles. The lowest BCUT2D eigenvalue weighted by molar-refractivity contribution is -0.313. The number of aldehydes is 1. The first-order chi connectivity index (χ1) is 14.1. The third-order valence-electron chi connectivity index (χ3n) is 3.85. The predicted octanol–water partition coefficient (Wildman–Crippen LogP) is 0.230. The zero-order valence-corrected chi connectivity index (χ0v) is 17.2. The van der Waals surface area contributed by atoms with Gasteiger partial charge in [-0.3, -0.25) is 19.2 Å². The van der Waals surface area contributed by atoms with E-state index in [1.807, 2.05) is 0 Å². The molecule has 0 N–H and O–H groups in total. The van der Waals surface area contributed by atoms with Gasteiger partial charge in [0.2, 0.25) is 0 Å². The van der Waals surface area contributed by atoms with E-state index < -0.39 is 60.7 Å². The van der Waals surface area contributed by atoms with E-state index in [4.69, 9.17) is 28.4 Å². The van der Waals surface area contributed by atoms with Crippen molar-refractivity contribution in [1.82, 2.24) is 0 Å². The first kappa shape index (κ1) is 25.2. The Morgan fingerprint density at radius 1 is 0.900 bits per heavy atom. The second-order valence-electron chi connectivity index (χ2n) is 6.38. The summed E-state index contributed by atoms with van der Waals surface area (Å²) in [4.78, 5) is 57.1. The van der Waals surface area contributed by atoms with Crippen LogP contribution in [-0.2, 0) is 52.4 Å². The van der Waals surface area contributed by atoms with Crippen LogP contribution in [0.5, 0.6) is 0 Å². The van der Waals surface area contributed by atoms with Crippen molar-refractivity contribution in [2.24, 2.45) is 0 Å². The highest BCUT2D eigenvalue weighted by molar-refractivity contribution is 5.68. The molecule has 30 heavy (non-hydrogen) atoms. The van der Waals surface area contributed by atoms with Crippen molar-refractivity contribution in [1.29, 1.82) is 0 Å². The minimum Gasteiger partial charge on any atom is -0.463 e. The first-order valence-corrected chi connectivity index (χ1v) is 9.11. The molecular weight excluding hydrogens is 404 g/mol. The molecule has 0 aromatic heterocycles. The molecule has 6 atom stereocenters. The number of ether oxygens (including phenoxy) is 6. The Bertz CT molecular complexity index is 659. The summed E-state index contributed by atoms with van der Waals surface area (Å²) < 4.78 is 32.1. The summed E-state index contributed by atoms with van der Waals surface area (Å²) in [7, 11) is 0. The molecule has 0 bridgehead atoms. The lowest BCUT2D eigenvalue weighted by atomic mass is 9.98. The fourth-order valence-corrected chi connectivity index (χ4v) is 2.77. The average Bonchev–Trinajstić information content (AvgIpc) is 2.63. The van der Waals surface area contributed by atoms with Crippen LogP contribution < -0.4 is 0 Å². The predicted molar refractivity (Wildman–Crippen MR) is 97.7 cm³/mol. The number of hydrogen-bond acceptors (Lipinski definition) is 11. The number of carbonyl (C=O) groups is 5. The zero-order chi connectivity index (χ0) is 22.8. The first-order valence-electron chi connectivity index (χ1n) is 9.11. The molecule has 1 saturated heterocycles. The van der Waals surface area contributed by atoms with E-state index in [1.54, 1.807) is 0 Å². The topological polar surface area (TPSA) is 141 Å². The SMILES string of the molecule is C=CC(CC=O)OC1OC(COC(C)=O)C(OC(C)=O)C(OC(C)=O)C1OC(C)=O. The molecular formula is C19H26O11. The summed E-state index contributed by atoms with van der Waals surface area (Å²) in [6, 6.07) is 0. The van der Waals surface area contributed by atoms with Crippen molar-refractivity contribution < 1.29 is 52.4 Å². The third-order valence-corrected chi connectivity index (χ3v) is 3.85. The van der Waals surface area contributed by atoms with Gasteiger partial charge in [0.25, 0.3) is 0 Å². The molecule has 1 aliphatic rings. The van der Waals surface area contributed by atoms with Gasteiger partial charge in [0, 0.05) is 34.1 Å². The Hall–Kier alpha value is -2.79. The number of esters is 4. The molecule has 0 aliphatic carbocycles. The highest BCUT2D eigenvalue weighted by Crippen LogP contribution is 2.30. The Morgan fingerprint density at radius 2 is 1.43 bits per heavy atom. The Balaban J connectivity index is 3.35. The van der Waals surface area contributed by atoms with Crippen LogP contribution in [0, 0.1) is 0 Å². The van der Waals surface area contributed by atoms with Crippen molar-refractivity contribution in [3.63, 3.8) is 0 Å². The minimum atomic E-state index is -1.35. The van der Waals surface area contributed by atoms with E-state index >= 15 is 0 Å². The fraction of sp³-hybridized carbons (Fsp3) is 0.632. The van der Waals surface area contributed by atoms with Crippen molar-refractivity contribution in [2.75, 3.05) is 6.61 Å². The van der Waals surface area contributed by atoms with E-state index in [1.165, 1.54) is 13.0 Å². The van der Waals surface area contributed by atoms with E-state index in [9.17, 15) is 24.0 Å². The molecule has 1 heterocycles. The van der Waals surface area contributed by atoms with Crippen LogP contribution in [0.25, 0.3) is 0 Å². The summed E-state index contributed by atoms with van der Waals surface area (Å²) in [5, 5.41) is 0. The van der Waals surface area contributed by atoms with Crippen LogP contribution in [0.15, 0.2) is 12.7 Å². The van der Waals surface area contributed by atoms with Gasteiger partial charge in [0.05, 0.1) is 6.10 Å². The molecule has 0 amide bonds. The Morgan fingerprint density at radius 3 is 1.90 bits per heavy atom. The van der Waals surface area contributed by atoms with Gasteiger partial charge in [0.1, 0.15) is 19.0 Å². The van der Waals surface area contributed by atoms with E-state index in [2.05, 4.69) is 6.58 Å². The van der Waals surface area contributed by atoms with Crippen LogP contribution in [0.2, 0.25) is 0 Å². The average molecular weight is 430 g/mol. The highest BCUT2D eigenvalue weighted by atomic mass is 16.7. The Labute approximate surface area is 173 Å². The molecule has 11 nitrogen and oxygen atoms in total. The van der Waals surface area contributed by atoms with Gasteiger partial charge < -0.3 is 33.2 Å². The zero-order valence-electron chi connectivity index (χ0n) is 17.2. The normalized spacial score (nSPS) is 26.6. The molecule has 0 aromatic rings. The van der Waals surface area contributed by atoms with E-state index in [0.717, 1.165) is 20.8 Å². The highest BCUT2D eigenvalue weighted by Gasteiger charge is 2.53. The van der Waals surface area contributed by atoms with Crippen molar-refractivity contribution in [3.05, 3.63) is 12.7 Å². The second-order valence-corrected chi connectivity index (χ2v) is 6.38. The van der Waals surface area contributed by atoms with Crippen LogP contribution in [-0.4, -0.2) is 73.6 Å². The summed E-state index contributed by atoms with van der Waals surface area (Å²) in [6.07, 6.45) is -5.40. The molecule has 11 heteroatoms. The van der Waals surface area contributed by atoms with Crippen molar-refractivity contribution in [2.45, 2.75) is 70.9 Å². The van der Waals surface area contributed by atoms with E-state index in [0.29, 0.717) is 6.29 Å². The maximum absolute atomic E-state index is 11.7. The summed E-state index contributed by atoms with van der Waals surface area (Å²) in [5.74, 6) is -2.87. The molecule has 0 aromatic carbocycles. The molecule has 6 unspecified atom stereocenters. The van der Waals surface area contributed by atoms with Gasteiger partial charge >= 0.3 is 23.9 Å². The lowest BCUT2D eigenvalue weighted by Gasteiger charge is -2.44. The summed E-state index contributed by atoms with van der Waals surface area (Å²) >= 11 is 0. The minimum absolute atomic E-state index is 0.0730. The monoisotopic (exact) mass is 430 g/mol. The van der Waals surface area contributed by atoms with Gasteiger partial charge in [-0.25, -0.2) is 0 Å². The Kier molecular flexibility index (Phi) is 10.1. The number of carbonyl (C=O) groups excluding carboxylic acids is 5. The van der Waals surface area contributed by atoms with E-state index in [-0.39, 0.29) is 13.0 Å². The van der Waals surface area contributed by atoms with Gasteiger partial charge in [-0.15, -0.1) is 6.58 Å². The molecule has 0 saturated carbocycles. The van der Waals surface area contributed by atoms with Crippen LogP contribution in [0.3, 0.4) is 0 Å². The quantitative estimate of drug-likeness (QED) is 0.203. The standard InChI is InChI=1S/C19H26O11/c1-6-14(7-8-20)29-19-18(28-13(5)24)17(27-12(4)23)16(26-11(3)22)15(30-19)9-25-10(2)21/h6,8,14-19H,1,7,9H2,2-5H3.